The molecule has 1 aromatic carbocycles. The predicted octanol–water partition coefficient (Wildman–Crippen LogP) is 3.69. The highest BCUT2D eigenvalue weighted by atomic mass is 32.2. The molecule has 2 amide bonds. The van der Waals surface area contributed by atoms with Gasteiger partial charge >= 0.3 is 0 Å². The van der Waals surface area contributed by atoms with Crippen molar-refractivity contribution in [1.29, 1.82) is 0 Å². The van der Waals surface area contributed by atoms with Crippen LogP contribution in [0.25, 0.3) is 0 Å². The quantitative estimate of drug-likeness (QED) is 0.673. The number of anilines is 1. The second-order valence-corrected chi connectivity index (χ2v) is 11.3. The number of likely N-dealkylation sites (tertiary alicyclic amines) is 1. The molecule has 9 heteroatoms. The second-order valence-electron chi connectivity index (χ2n) is 9.39. The highest BCUT2D eigenvalue weighted by Crippen LogP contribution is 2.27. The Labute approximate surface area is 201 Å². The van der Waals surface area contributed by atoms with Gasteiger partial charge in [0.05, 0.1) is 5.92 Å². The zero-order valence-corrected chi connectivity index (χ0v) is 20.8. The summed E-state index contributed by atoms with van der Waals surface area (Å²) in [4.78, 5) is 30.6. The number of aromatic amines is 1. The number of piperidine rings is 1. The second kappa shape index (κ2) is 10.3. The van der Waals surface area contributed by atoms with Crippen molar-refractivity contribution in [2.75, 3.05) is 31.5 Å². The largest absolute Gasteiger partial charge is 0.356 e. The van der Waals surface area contributed by atoms with Gasteiger partial charge in [0.2, 0.25) is 15.9 Å². The van der Waals surface area contributed by atoms with E-state index in [9.17, 15) is 18.0 Å². The average Bonchev–Trinajstić information content (AvgIpc) is 3.18. The number of nitrogens with one attached hydrogen (secondary N) is 2. The van der Waals surface area contributed by atoms with Gasteiger partial charge in [0.1, 0.15) is 10.6 Å². The van der Waals surface area contributed by atoms with Gasteiger partial charge < -0.3 is 15.2 Å². The fourth-order valence-electron chi connectivity index (χ4n) is 4.74. The van der Waals surface area contributed by atoms with E-state index in [1.165, 1.54) is 16.6 Å². The summed E-state index contributed by atoms with van der Waals surface area (Å²) in [6.07, 6.45) is 6.79. The summed E-state index contributed by atoms with van der Waals surface area (Å²) in [5, 5.41) is 2.98. The zero-order chi connectivity index (χ0) is 24.3. The van der Waals surface area contributed by atoms with E-state index in [0.717, 1.165) is 42.5 Å². The number of nitrogens with zero attached hydrogens (tertiary/aromatic N) is 2. The molecule has 0 unspecified atom stereocenters. The van der Waals surface area contributed by atoms with Crippen LogP contribution in [0.5, 0.6) is 0 Å². The van der Waals surface area contributed by atoms with E-state index in [-0.39, 0.29) is 23.3 Å². The molecular weight excluding hydrogens is 452 g/mol. The van der Waals surface area contributed by atoms with E-state index < -0.39 is 15.9 Å². The molecule has 0 saturated carbocycles. The van der Waals surface area contributed by atoms with Gasteiger partial charge in [0, 0.05) is 38.1 Å². The highest BCUT2D eigenvalue weighted by molar-refractivity contribution is 7.89. The fourth-order valence-corrected chi connectivity index (χ4v) is 6.25. The van der Waals surface area contributed by atoms with Crippen LogP contribution in [0.2, 0.25) is 0 Å². The Hall–Kier alpha value is -2.65. The molecule has 1 aromatic heterocycles. The van der Waals surface area contributed by atoms with Gasteiger partial charge in [-0.1, -0.05) is 25.0 Å². The van der Waals surface area contributed by atoms with Crippen molar-refractivity contribution in [2.24, 2.45) is 5.92 Å². The molecule has 4 rings (SSSR count). The van der Waals surface area contributed by atoms with Crippen molar-refractivity contribution < 1.29 is 18.0 Å². The number of amides is 2. The van der Waals surface area contributed by atoms with E-state index in [1.807, 2.05) is 32.0 Å². The molecule has 2 saturated heterocycles. The van der Waals surface area contributed by atoms with Crippen LogP contribution >= 0.6 is 0 Å². The lowest BCUT2D eigenvalue weighted by atomic mass is 9.98. The van der Waals surface area contributed by atoms with Crippen LogP contribution in [-0.2, 0) is 14.8 Å². The molecular formula is C25H34N4O4S. The normalized spacial score (nSPS) is 20.1. The van der Waals surface area contributed by atoms with E-state index >= 15 is 0 Å². The summed E-state index contributed by atoms with van der Waals surface area (Å²) in [6, 6.07) is 7.18. The smallest absolute Gasteiger partial charge is 0.270 e. The minimum absolute atomic E-state index is 0.0706. The molecule has 0 bridgehead atoms. The van der Waals surface area contributed by atoms with Crippen LogP contribution in [0.1, 0.15) is 60.1 Å². The Bertz CT molecular complexity index is 1150. The Kier molecular flexibility index (Phi) is 7.42. The topological polar surface area (TPSA) is 103 Å². The third-order valence-electron chi connectivity index (χ3n) is 7.04. The number of carbonyl (C=O) groups excluding carboxylic acids is 2. The van der Waals surface area contributed by atoms with Crippen molar-refractivity contribution in [1.82, 2.24) is 14.2 Å². The molecule has 34 heavy (non-hydrogen) atoms. The maximum atomic E-state index is 13.3. The van der Waals surface area contributed by atoms with Crippen LogP contribution < -0.4 is 5.32 Å². The lowest BCUT2D eigenvalue weighted by molar-refractivity contribution is -0.120. The molecule has 2 aliphatic rings. The van der Waals surface area contributed by atoms with Crippen molar-refractivity contribution >= 4 is 27.5 Å². The molecule has 2 N–H and O–H groups in total. The first-order valence-corrected chi connectivity index (χ1v) is 13.6. The molecule has 0 spiro atoms. The van der Waals surface area contributed by atoms with Crippen LogP contribution in [0, 0.1) is 19.8 Å². The maximum absolute atomic E-state index is 13.3. The van der Waals surface area contributed by atoms with Crippen molar-refractivity contribution in [3.63, 3.8) is 0 Å². The van der Waals surface area contributed by atoms with Crippen LogP contribution in [0.4, 0.5) is 5.69 Å². The summed E-state index contributed by atoms with van der Waals surface area (Å²) in [7, 11) is -3.82. The molecule has 1 atom stereocenters. The fraction of sp³-hybridized carbons (Fsp3) is 0.520. The third kappa shape index (κ3) is 5.20. The zero-order valence-electron chi connectivity index (χ0n) is 20.0. The number of sulfonamides is 1. The predicted molar refractivity (Wildman–Crippen MR) is 131 cm³/mol. The van der Waals surface area contributed by atoms with Crippen molar-refractivity contribution in [2.45, 2.75) is 57.3 Å². The van der Waals surface area contributed by atoms with Crippen LogP contribution in [-0.4, -0.2) is 60.6 Å². The average molecular weight is 487 g/mol. The maximum Gasteiger partial charge on any atom is 0.270 e. The molecule has 0 radical (unpaired) electrons. The SMILES string of the molecule is Cc1cccc(NC(=O)[C@H]2CCCN(S(=O)(=O)c3c[nH]c(C(=O)N4CCCCCC4)c3)C2)c1C. The number of hydrogen-bond donors (Lipinski definition) is 2. The van der Waals surface area contributed by atoms with Crippen LogP contribution in [0.3, 0.4) is 0 Å². The highest BCUT2D eigenvalue weighted by Gasteiger charge is 2.34. The molecule has 2 aromatic rings. The third-order valence-corrected chi connectivity index (χ3v) is 8.88. The minimum Gasteiger partial charge on any atom is -0.356 e. The van der Waals surface area contributed by atoms with Gasteiger partial charge in [-0.2, -0.15) is 4.31 Å². The van der Waals surface area contributed by atoms with Gasteiger partial charge in [0.15, 0.2) is 0 Å². The Morgan fingerprint density at radius 1 is 1.03 bits per heavy atom. The number of benzene rings is 1. The van der Waals surface area contributed by atoms with E-state index in [0.29, 0.717) is 38.2 Å². The summed E-state index contributed by atoms with van der Waals surface area (Å²) < 4.78 is 28.0. The molecule has 2 fully saturated rings. The molecule has 2 aliphatic heterocycles. The monoisotopic (exact) mass is 486 g/mol. The van der Waals surface area contributed by atoms with Gasteiger partial charge in [0.25, 0.3) is 5.91 Å². The Morgan fingerprint density at radius 2 is 1.76 bits per heavy atom. The van der Waals surface area contributed by atoms with Gasteiger partial charge in [-0.3, -0.25) is 9.59 Å². The first-order valence-electron chi connectivity index (χ1n) is 12.1. The summed E-state index contributed by atoms with van der Waals surface area (Å²) in [5.41, 5.74) is 3.14. The Balaban J connectivity index is 1.44. The molecule has 0 aliphatic carbocycles. The van der Waals surface area contributed by atoms with E-state index in [4.69, 9.17) is 0 Å². The lowest BCUT2D eigenvalue weighted by Gasteiger charge is -2.31. The van der Waals surface area contributed by atoms with Crippen molar-refractivity contribution in [3.8, 4) is 0 Å². The van der Waals surface area contributed by atoms with Gasteiger partial charge in [-0.15, -0.1) is 0 Å². The van der Waals surface area contributed by atoms with E-state index in [1.54, 1.807) is 4.90 Å². The molecule has 184 valence electrons. The number of hydrogen-bond acceptors (Lipinski definition) is 4. The van der Waals surface area contributed by atoms with Crippen LogP contribution in [0.15, 0.2) is 35.4 Å². The summed E-state index contributed by atoms with van der Waals surface area (Å²) in [5.74, 6) is -0.756. The summed E-state index contributed by atoms with van der Waals surface area (Å²) >= 11 is 0. The first-order chi connectivity index (χ1) is 16.3. The standard InChI is InChI=1S/C25H34N4O4S/c1-18-9-7-11-22(19(18)2)27-24(30)20-10-8-14-29(17-20)34(32,33)21-15-23(26-16-21)25(31)28-12-5-3-4-6-13-28/h7,9,11,15-16,20,26H,3-6,8,10,12-14,17H2,1-2H3,(H,27,30)/t20-/m0/s1. The number of H-pyrrole nitrogens is 1. The number of carbonyl (C=O) groups is 2. The minimum atomic E-state index is -3.82. The number of aryl methyl sites for hydroxylation is 1. The number of rotatable bonds is 5. The lowest BCUT2D eigenvalue weighted by Crippen LogP contribution is -2.43. The first kappa shape index (κ1) is 24.5. The Morgan fingerprint density at radius 3 is 2.50 bits per heavy atom. The molecule has 8 nitrogen and oxygen atoms in total. The van der Waals surface area contributed by atoms with Gasteiger partial charge in [-0.25, -0.2) is 8.42 Å². The summed E-state index contributed by atoms with van der Waals surface area (Å²) in [6.45, 7) is 5.82. The number of aromatic nitrogens is 1. The van der Waals surface area contributed by atoms with Crippen molar-refractivity contribution in [3.05, 3.63) is 47.3 Å². The molecule has 3 heterocycles. The van der Waals surface area contributed by atoms with Gasteiger partial charge in [-0.05, 0) is 62.8 Å². The van der Waals surface area contributed by atoms with E-state index in [2.05, 4.69) is 10.3 Å².